The van der Waals surface area contributed by atoms with Crippen LogP contribution >= 0.6 is 0 Å². The molecule has 0 saturated carbocycles. The lowest BCUT2D eigenvalue weighted by Gasteiger charge is -2.10. The predicted molar refractivity (Wildman–Crippen MR) is 103 cm³/mol. The molecule has 1 amide bonds. The molecule has 4 rings (SSSR count). The van der Waals surface area contributed by atoms with Crippen molar-refractivity contribution in [3.8, 4) is 11.3 Å². The van der Waals surface area contributed by atoms with Crippen LogP contribution in [0.1, 0.15) is 15.9 Å². The molecule has 0 bridgehead atoms. The van der Waals surface area contributed by atoms with Gasteiger partial charge in [-0.1, -0.05) is 54.6 Å². The van der Waals surface area contributed by atoms with Crippen LogP contribution in [-0.4, -0.2) is 15.9 Å². The minimum absolute atomic E-state index is 0.121. The maximum atomic E-state index is 12.9. The van der Waals surface area contributed by atoms with Gasteiger partial charge in [0.15, 0.2) is 0 Å². The molecule has 4 nitrogen and oxygen atoms in total. The second-order valence-electron chi connectivity index (χ2n) is 5.98. The van der Waals surface area contributed by atoms with E-state index < -0.39 is 0 Å². The van der Waals surface area contributed by atoms with E-state index in [0.717, 1.165) is 27.7 Å². The summed E-state index contributed by atoms with van der Waals surface area (Å²) in [5, 5.41) is 3.82. The van der Waals surface area contributed by atoms with Crippen molar-refractivity contribution < 1.29 is 4.79 Å². The molecular formula is C22H17N3O. The first kappa shape index (κ1) is 16.0. The van der Waals surface area contributed by atoms with Crippen LogP contribution in [0.4, 0.5) is 0 Å². The Kier molecular flexibility index (Phi) is 4.39. The summed E-state index contributed by atoms with van der Waals surface area (Å²) in [7, 11) is 0. The van der Waals surface area contributed by atoms with Gasteiger partial charge in [-0.3, -0.25) is 9.78 Å². The molecule has 0 fully saturated rings. The molecule has 0 aliphatic carbocycles. The van der Waals surface area contributed by atoms with Crippen molar-refractivity contribution in [3.63, 3.8) is 0 Å². The zero-order valence-electron chi connectivity index (χ0n) is 14.1. The first-order valence-corrected chi connectivity index (χ1v) is 8.43. The Bertz CT molecular complexity index is 1050. The van der Waals surface area contributed by atoms with E-state index in [9.17, 15) is 4.79 Å². The van der Waals surface area contributed by atoms with E-state index in [-0.39, 0.29) is 5.91 Å². The standard InChI is InChI=1S/C22H17N3O/c26-22(24-15-16-7-6-12-23-14-16)19-13-21(17-8-2-1-3-9-17)25-20-11-5-4-10-18(19)20/h1-14H,15H2,(H,24,26). The van der Waals surface area contributed by atoms with Gasteiger partial charge < -0.3 is 5.32 Å². The highest BCUT2D eigenvalue weighted by atomic mass is 16.1. The van der Waals surface area contributed by atoms with E-state index in [1.165, 1.54) is 0 Å². The molecule has 0 unspecified atom stereocenters. The maximum Gasteiger partial charge on any atom is 0.252 e. The molecule has 0 aliphatic rings. The van der Waals surface area contributed by atoms with E-state index in [1.54, 1.807) is 12.4 Å². The van der Waals surface area contributed by atoms with Crippen molar-refractivity contribution in [1.29, 1.82) is 0 Å². The van der Waals surface area contributed by atoms with Crippen molar-refractivity contribution in [1.82, 2.24) is 15.3 Å². The number of carbonyl (C=O) groups is 1. The van der Waals surface area contributed by atoms with Crippen LogP contribution in [0.5, 0.6) is 0 Å². The largest absolute Gasteiger partial charge is 0.348 e. The number of carbonyl (C=O) groups excluding carboxylic acids is 1. The van der Waals surface area contributed by atoms with Crippen molar-refractivity contribution >= 4 is 16.8 Å². The second-order valence-corrected chi connectivity index (χ2v) is 5.98. The number of nitrogens with zero attached hydrogens (tertiary/aromatic N) is 2. The van der Waals surface area contributed by atoms with Crippen LogP contribution in [0, 0.1) is 0 Å². The van der Waals surface area contributed by atoms with Gasteiger partial charge in [0.05, 0.1) is 16.8 Å². The number of para-hydroxylation sites is 1. The number of fused-ring (bicyclic) bond motifs is 1. The van der Waals surface area contributed by atoms with Crippen molar-refractivity contribution in [2.24, 2.45) is 0 Å². The van der Waals surface area contributed by atoms with Crippen LogP contribution in [0.2, 0.25) is 0 Å². The molecule has 1 N–H and O–H groups in total. The van der Waals surface area contributed by atoms with E-state index in [2.05, 4.69) is 10.3 Å². The van der Waals surface area contributed by atoms with Gasteiger partial charge >= 0.3 is 0 Å². The fourth-order valence-electron chi connectivity index (χ4n) is 2.90. The Hall–Kier alpha value is -3.53. The van der Waals surface area contributed by atoms with E-state index in [4.69, 9.17) is 4.98 Å². The Balaban J connectivity index is 1.72. The van der Waals surface area contributed by atoms with Gasteiger partial charge in [0, 0.05) is 29.9 Å². The zero-order chi connectivity index (χ0) is 17.8. The summed E-state index contributed by atoms with van der Waals surface area (Å²) in [6, 6.07) is 23.2. The SMILES string of the molecule is O=C(NCc1cccnc1)c1cc(-c2ccccc2)nc2ccccc12. The maximum absolute atomic E-state index is 12.9. The summed E-state index contributed by atoms with van der Waals surface area (Å²) in [5.74, 6) is -0.121. The number of benzene rings is 2. The second kappa shape index (κ2) is 7.15. The molecule has 2 aromatic carbocycles. The Morgan fingerprint density at radius 3 is 2.54 bits per heavy atom. The number of pyridine rings is 2. The summed E-state index contributed by atoms with van der Waals surface area (Å²) in [6.07, 6.45) is 3.47. The molecule has 2 aromatic heterocycles. The zero-order valence-corrected chi connectivity index (χ0v) is 14.1. The third-order valence-electron chi connectivity index (χ3n) is 4.21. The highest BCUT2D eigenvalue weighted by Gasteiger charge is 2.13. The first-order valence-electron chi connectivity index (χ1n) is 8.43. The van der Waals surface area contributed by atoms with Gasteiger partial charge in [-0.15, -0.1) is 0 Å². The molecule has 4 heteroatoms. The predicted octanol–water partition coefficient (Wildman–Crippen LogP) is 4.23. The Morgan fingerprint density at radius 2 is 1.73 bits per heavy atom. The average molecular weight is 339 g/mol. The van der Waals surface area contributed by atoms with Crippen LogP contribution in [0.15, 0.2) is 85.2 Å². The fourth-order valence-corrected chi connectivity index (χ4v) is 2.90. The quantitative estimate of drug-likeness (QED) is 0.605. The summed E-state index contributed by atoms with van der Waals surface area (Å²) in [6.45, 7) is 0.435. The van der Waals surface area contributed by atoms with Gasteiger partial charge in [-0.05, 0) is 23.8 Å². The number of hydrogen-bond acceptors (Lipinski definition) is 3. The molecule has 0 spiro atoms. The fraction of sp³-hybridized carbons (Fsp3) is 0.0455. The monoisotopic (exact) mass is 339 g/mol. The minimum Gasteiger partial charge on any atom is -0.348 e. The van der Waals surface area contributed by atoms with Gasteiger partial charge in [0.1, 0.15) is 0 Å². The third-order valence-corrected chi connectivity index (χ3v) is 4.21. The molecule has 0 aliphatic heterocycles. The topological polar surface area (TPSA) is 54.9 Å². The normalized spacial score (nSPS) is 10.6. The molecule has 4 aromatic rings. The molecule has 2 heterocycles. The minimum atomic E-state index is -0.121. The lowest BCUT2D eigenvalue weighted by Crippen LogP contribution is -2.23. The lowest BCUT2D eigenvalue weighted by atomic mass is 10.0. The molecule has 0 radical (unpaired) electrons. The van der Waals surface area contributed by atoms with Crippen LogP contribution in [0.25, 0.3) is 22.2 Å². The molecule has 26 heavy (non-hydrogen) atoms. The van der Waals surface area contributed by atoms with Gasteiger partial charge in [0.2, 0.25) is 0 Å². The van der Waals surface area contributed by atoms with Gasteiger partial charge in [0.25, 0.3) is 5.91 Å². The van der Waals surface area contributed by atoms with Crippen LogP contribution in [0.3, 0.4) is 0 Å². The van der Waals surface area contributed by atoms with Crippen molar-refractivity contribution in [2.75, 3.05) is 0 Å². The highest BCUT2D eigenvalue weighted by Crippen LogP contribution is 2.24. The van der Waals surface area contributed by atoms with Crippen LogP contribution in [-0.2, 0) is 6.54 Å². The van der Waals surface area contributed by atoms with Crippen molar-refractivity contribution in [2.45, 2.75) is 6.54 Å². The Labute approximate surface area is 151 Å². The highest BCUT2D eigenvalue weighted by molar-refractivity contribution is 6.07. The molecule has 0 saturated heterocycles. The van der Waals surface area contributed by atoms with E-state index in [0.29, 0.717) is 12.1 Å². The molecule has 0 atom stereocenters. The smallest absolute Gasteiger partial charge is 0.252 e. The van der Waals surface area contributed by atoms with Crippen molar-refractivity contribution in [3.05, 3.63) is 96.3 Å². The summed E-state index contributed by atoms with van der Waals surface area (Å²) >= 11 is 0. The number of hydrogen-bond donors (Lipinski definition) is 1. The summed E-state index contributed by atoms with van der Waals surface area (Å²) < 4.78 is 0. The summed E-state index contributed by atoms with van der Waals surface area (Å²) in [5.41, 5.74) is 4.16. The number of aromatic nitrogens is 2. The average Bonchev–Trinajstić information content (AvgIpc) is 2.72. The molecule has 126 valence electrons. The van der Waals surface area contributed by atoms with E-state index >= 15 is 0 Å². The number of nitrogens with one attached hydrogen (secondary N) is 1. The van der Waals surface area contributed by atoms with Gasteiger partial charge in [-0.25, -0.2) is 4.98 Å². The number of rotatable bonds is 4. The first-order chi connectivity index (χ1) is 12.8. The van der Waals surface area contributed by atoms with Crippen LogP contribution < -0.4 is 5.32 Å². The van der Waals surface area contributed by atoms with E-state index in [1.807, 2.05) is 72.8 Å². The molecular weight excluding hydrogens is 322 g/mol. The third kappa shape index (κ3) is 3.30. The Morgan fingerprint density at radius 1 is 0.923 bits per heavy atom. The summed E-state index contributed by atoms with van der Waals surface area (Å²) in [4.78, 5) is 21.7. The number of amides is 1. The van der Waals surface area contributed by atoms with Gasteiger partial charge in [-0.2, -0.15) is 0 Å². The lowest BCUT2D eigenvalue weighted by molar-refractivity contribution is 0.0952.